The second-order valence-corrected chi connectivity index (χ2v) is 3.35. The summed E-state index contributed by atoms with van der Waals surface area (Å²) in [4.78, 5) is 6.12. The maximum Gasteiger partial charge on any atom is 0.149 e. The van der Waals surface area contributed by atoms with Crippen LogP contribution < -0.4 is 0 Å². The lowest BCUT2D eigenvalue weighted by molar-refractivity contribution is 1.26. The quantitative estimate of drug-likeness (QED) is 0.313. The van der Waals surface area contributed by atoms with E-state index in [-0.39, 0.29) is 26.0 Å². The van der Waals surface area contributed by atoms with Gasteiger partial charge in [-0.2, -0.15) is 0 Å². The average molecular weight is 258 g/mol. The number of rotatable bonds is 1. The van der Waals surface area contributed by atoms with Crippen LogP contribution in [0, 0.1) is 0 Å². The Hall–Kier alpha value is -0.380. The number of hydrogen-bond acceptors (Lipinski definition) is 2. The second-order valence-electron chi connectivity index (χ2n) is 1.86. The maximum absolute atomic E-state index is 8.14. The van der Waals surface area contributed by atoms with E-state index in [0.29, 0.717) is 0 Å². The molecular weight excluding hydrogens is 258 g/mol. The molecule has 0 unspecified atom stereocenters. The number of azide groups is 1. The van der Waals surface area contributed by atoms with Gasteiger partial charge in [-0.3, -0.25) is 0 Å². The molecule has 0 spiro atoms. The lowest BCUT2D eigenvalue weighted by atomic mass is 10.4. The van der Waals surface area contributed by atoms with Gasteiger partial charge in [-0.05, 0) is 10.6 Å². The van der Waals surface area contributed by atoms with Gasteiger partial charge >= 0.3 is 0 Å². The number of pyridine rings is 1. The lowest BCUT2D eigenvalue weighted by Gasteiger charge is -2.02. The largest absolute Gasteiger partial charge is 0.231 e. The van der Waals surface area contributed by atoms with E-state index in [9.17, 15) is 0 Å². The first-order chi connectivity index (χ1) is 6.07. The van der Waals surface area contributed by atoms with E-state index >= 15 is 0 Å². The summed E-state index contributed by atoms with van der Waals surface area (Å²) in [5.74, 6) is -0.0939. The predicted octanol–water partition coefficient (Wildman–Crippen LogP) is 4.64. The molecule has 8 heteroatoms. The molecule has 0 saturated carbocycles. The summed E-state index contributed by atoms with van der Waals surface area (Å²) >= 11 is 22.5. The van der Waals surface area contributed by atoms with Crippen LogP contribution in [0.25, 0.3) is 10.4 Å². The number of halogens is 4. The van der Waals surface area contributed by atoms with Crippen LogP contribution in [0.1, 0.15) is 0 Å². The molecule has 13 heavy (non-hydrogen) atoms. The number of nitrogens with zero attached hydrogens (tertiary/aromatic N) is 4. The predicted molar refractivity (Wildman–Crippen MR) is 53.1 cm³/mol. The van der Waals surface area contributed by atoms with Crippen molar-refractivity contribution in [3.63, 3.8) is 0 Å². The first-order valence-corrected chi connectivity index (χ1v) is 4.34. The van der Waals surface area contributed by atoms with Gasteiger partial charge in [-0.1, -0.05) is 46.4 Å². The van der Waals surface area contributed by atoms with E-state index in [0.717, 1.165) is 0 Å². The maximum atomic E-state index is 8.14. The highest BCUT2D eigenvalue weighted by Crippen LogP contribution is 2.39. The van der Waals surface area contributed by atoms with Gasteiger partial charge in [0.15, 0.2) is 0 Å². The minimum Gasteiger partial charge on any atom is -0.231 e. The number of aromatic nitrogens is 1. The van der Waals surface area contributed by atoms with E-state index in [2.05, 4.69) is 15.0 Å². The Labute approximate surface area is 93.0 Å². The van der Waals surface area contributed by atoms with Crippen LogP contribution in [-0.4, -0.2) is 4.98 Å². The molecule has 1 aromatic rings. The zero-order valence-electron chi connectivity index (χ0n) is 5.80. The average Bonchev–Trinajstić information content (AvgIpc) is 2.11. The van der Waals surface area contributed by atoms with Crippen molar-refractivity contribution in [1.29, 1.82) is 0 Å². The summed E-state index contributed by atoms with van der Waals surface area (Å²) in [6, 6.07) is 0. The zero-order valence-corrected chi connectivity index (χ0v) is 8.82. The van der Waals surface area contributed by atoms with Gasteiger partial charge < -0.3 is 0 Å². The molecule has 0 saturated heterocycles. The molecule has 0 atom stereocenters. The molecule has 4 nitrogen and oxygen atoms in total. The van der Waals surface area contributed by atoms with Crippen LogP contribution in [0.5, 0.6) is 0 Å². The number of hydrogen-bond donors (Lipinski definition) is 0. The third-order valence-corrected chi connectivity index (χ3v) is 2.77. The summed E-state index contributed by atoms with van der Waals surface area (Å²) in [7, 11) is 0. The highest BCUT2D eigenvalue weighted by atomic mass is 35.5. The molecule has 0 aliphatic heterocycles. The summed E-state index contributed by atoms with van der Waals surface area (Å²) in [5, 5.41) is 3.15. The van der Waals surface area contributed by atoms with Crippen molar-refractivity contribution in [1.82, 2.24) is 4.98 Å². The fourth-order valence-corrected chi connectivity index (χ4v) is 1.34. The smallest absolute Gasteiger partial charge is 0.149 e. The van der Waals surface area contributed by atoms with E-state index in [1.54, 1.807) is 0 Å². The molecular formula is C5Cl4N4. The lowest BCUT2D eigenvalue weighted by Crippen LogP contribution is -1.81. The summed E-state index contributed by atoms with van der Waals surface area (Å²) in [5.41, 5.74) is 8.14. The van der Waals surface area contributed by atoms with E-state index in [1.165, 1.54) is 0 Å². The molecule has 0 aromatic carbocycles. The molecule has 0 fully saturated rings. The Balaban J connectivity index is 3.49. The molecule has 0 bridgehead atoms. The molecule has 0 radical (unpaired) electrons. The first-order valence-electron chi connectivity index (χ1n) is 2.83. The molecule has 1 rings (SSSR count). The molecule has 68 valence electrons. The fraction of sp³-hybridized carbons (Fsp3) is 0. The van der Waals surface area contributed by atoms with Crippen LogP contribution in [0.4, 0.5) is 5.82 Å². The molecule has 1 heterocycles. The minimum absolute atomic E-state index is 0.0192. The highest BCUT2D eigenvalue weighted by Gasteiger charge is 2.13. The summed E-state index contributed by atoms with van der Waals surface area (Å²) in [6.07, 6.45) is 0. The van der Waals surface area contributed by atoms with Crippen molar-refractivity contribution in [2.24, 2.45) is 5.11 Å². The van der Waals surface area contributed by atoms with Crippen molar-refractivity contribution in [2.45, 2.75) is 0 Å². The van der Waals surface area contributed by atoms with Gasteiger partial charge in [0.1, 0.15) is 11.0 Å². The van der Waals surface area contributed by atoms with E-state index in [4.69, 9.17) is 51.9 Å². The zero-order chi connectivity index (χ0) is 10.0. The summed E-state index contributed by atoms with van der Waals surface area (Å²) in [6.45, 7) is 0. The van der Waals surface area contributed by atoms with E-state index < -0.39 is 0 Å². The van der Waals surface area contributed by atoms with Crippen molar-refractivity contribution >= 4 is 52.2 Å². The SMILES string of the molecule is [N-]=[N+]=Nc1nc(Cl)c(Cl)c(Cl)c1Cl. The standard InChI is InChI=1S/C5Cl4N4/c6-1-2(7)4(9)11-5(3(1)8)12-13-10. The Kier molecular flexibility index (Phi) is 3.47. The third kappa shape index (κ3) is 2.10. The van der Waals surface area contributed by atoms with Gasteiger partial charge in [0.05, 0.1) is 15.1 Å². The second kappa shape index (κ2) is 4.22. The molecule has 0 N–H and O–H groups in total. The molecule has 0 aliphatic carbocycles. The van der Waals surface area contributed by atoms with Crippen molar-refractivity contribution < 1.29 is 0 Å². The van der Waals surface area contributed by atoms with Gasteiger partial charge in [-0.25, -0.2) is 4.98 Å². The van der Waals surface area contributed by atoms with Crippen molar-refractivity contribution in [2.75, 3.05) is 0 Å². The minimum atomic E-state index is -0.0939. The van der Waals surface area contributed by atoms with Crippen LogP contribution in [-0.2, 0) is 0 Å². The van der Waals surface area contributed by atoms with Crippen molar-refractivity contribution in [3.8, 4) is 0 Å². The highest BCUT2D eigenvalue weighted by molar-refractivity contribution is 6.52. The topological polar surface area (TPSA) is 61.7 Å². The van der Waals surface area contributed by atoms with Crippen molar-refractivity contribution in [3.05, 3.63) is 30.7 Å². The van der Waals surface area contributed by atoms with Crippen LogP contribution in [0.2, 0.25) is 20.2 Å². The Bertz CT molecular complexity index is 398. The fourth-order valence-electron chi connectivity index (χ4n) is 0.585. The normalized spacial score (nSPS) is 9.54. The first kappa shape index (κ1) is 10.7. The van der Waals surface area contributed by atoms with Gasteiger partial charge in [-0.15, -0.1) is 0 Å². The Morgan fingerprint density at radius 2 is 1.69 bits per heavy atom. The third-order valence-electron chi connectivity index (χ3n) is 1.11. The van der Waals surface area contributed by atoms with Gasteiger partial charge in [0.2, 0.25) is 0 Å². The molecule has 0 amide bonds. The van der Waals surface area contributed by atoms with E-state index in [1.807, 2.05) is 0 Å². The molecule has 0 aliphatic rings. The van der Waals surface area contributed by atoms with Crippen LogP contribution in [0.3, 0.4) is 0 Å². The van der Waals surface area contributed by atoms with Crippen LogP contribution >= 0.6 is 46.4 Å². The van der Waals surface area contributed by atoms with Gasteiger partial charge in [0, 0.05) is 4.91 Å². The van der Waals surface area contributed by atoms with Gasteiger partial charge in [0.25, 0.3) is 0 Å². The summed E-state index contributed by atoms with van der Waals surface area (Å²) < 4.78 is 0. The Morgan fingerprint density at radius 1 is 1.08 bits per heavy atom. The molecule has 1 aromatic heterocycles. The van der Waals surface area contributed by atoms with Crippen LogP contribution in [0.15, 0.2) is 5.11 Å². The monoisotopic (exact) mass is 256 g/mol. The Morgan fingerprint density at radius 3 is 2.23 bits per heavy atom.